The van der Waals surface area contributed by atoms with Crippen LogP contribution in [0.2, 0.25) is 0 Å². The first-order chi connectivity index (χ1) is 16.2. The molecule has 176 valence electrons. The van der Waals surface area contributed by atoms with Crippen LogP contribution < -0.4 is 14.8 Å². The maximum Gasteiger partial charge on any atom is 0.286 e. The zero-order valence-electron chi connectivity index (χ0n) is 18.9. The van der Waals surface area contributed by atoms with Crippen molar-refractivity contribution < 1.29 is 28.8 Å². The molecule has 0 bridgehead atoms. The molecule has 0 unspecified atom stereocenters. The number of hydrogen-bond donors (Lipinski definition) is 2. The second-order valence-electron chi connectivity index (χ2n) is 8.13. The van der Waals surface area contributed by atoms with E-state index >= 15 is 0 Å². The summed E-state index contributed by atoms with van der Waals surface area (Å²) in [5.41, 5.74) is 2.15. The zero-order chi connectivity index (χ0) is 23.0. The number of carbonyl (C=O) groups excluding carboxylic acids is 1. The normalized spacial score (nSPS) is 21.3. The van der Waals surface area contributed by atoms with Gasteiger partial charge in [0.25, 0.3) is 5.91 Å². The number of ether oxygens (including phenoxy) is 4. The lowest BCUT2D eigenvalue weighted by Crippen LogP contribution is -2.39. The number of benzene rings is 2. The SMILES string of the molecule is CCO[C@H]1OC(C(=O)NCCc2ccccc2)=C[C@@H](c2ccc3c(c2)OCO3)[C@H]1CCCO. The minimum atomic E-state index is -0.586. The summed E-state index contributed by atoms with van der Waals surface area (Å²) in [5, 5.41) is 12.4. The van der Waals surface area contributed by atoms with Crippen LogP contribution in [0.5, 0.6) is 11.5 Å². The second-order valence-corrected chi connectivity index (χ2v) is 8.13. The molecule has 7 nitrogen and oxygen atoms in total. The minimum Gasteiger partial charge on any atom is -0.459 e. The molecule has 0 aromatic heterocycles. The van der Waals surface area contributed by atoms with Gasteiger partial charge >= 0.3 is 0 Å². The van der Waals surface area contributed by atoms with Gasteiger partial charge in [-0.05, 0) is 55.5 Å². The van der Waals surface area contributed by atoms with E-state index in [9.17, 15) is 9.90 Å². The van der Waals surface area contributed by atoms with Crippen LogP contribution in [0.4, 0.5) is 0 Å². The maximum absolute atomic E-state index is 13.0. The Labute approximate surface area is 194 Å². The van der Waals surface area contributed by atoms with Crippen LogP contribution >= 0.6 is 0 Å². The van der Waals surface area contributed by atoms with Crippen LogP contribution in [0.3, 0.4) is 0 Å². The highest BCUT2D eigenvalue weighted by molar-refractivity contribution is 5.91. The molecule has 0 saturated heterocycles. The van der Waals surface area contributed by atoms with Gasteiger partial charge in [-0.3, -0.25) is 4.79 Å². The molecule has 2 N–H and O–H groups in total. The molecule has 2 aliphatic rings. The Bertz CT molecular complexity index is 961. The molecule has 0 fully saturated rings. The predicted molar refractivity (Wildman–Crippen MR) is 123 cm³/mol. The molecular weight excluding hydrogens is 422 g/mol. The lowest BCUT2D eigenvalue weighted by Gasteiger charge is -2.37. The molecule has 1 amide bonds. The van der Waals surface area contributed by atoms with Gasteiger partial charge in [-0.1, -0.05) is 36.4 Å². The van der Waals surface area contributed by atoms with Crippen molar-refractivity contribution >= 4 is 5.91 Å². The van der Waals surface area contributed by atoms with Gasteiger partial charge in [0.15, 0.2) is 17.3 Å². The molecule has 2 aliphatic heterocycles. The Balaban J connectivity index is 1.55. The molecular formula is C26H31NO6. The van der Waals surface area contributed by atoms with Crippen LogP contribution in [0.25, 0.3) is 0 Å². The number of aliphatic hydroxyl groups excluding tert-OH is 1. The van der Waals surface area contributed by atoms with Gasteiger partial charge in [-0.25, -0.2) is 0 Å². The molecule has 2 aromatic rings. The van der Waals surface area contributed by atoms with Crippen molar-refractivity contribution in [2.45, 2.75) is 38.4 Å². The number of rotatable bonds is 10. The van der Waals surface area contributed by atoms with Crippen LogP contribution in [-0.2, 0) is 20.7 Å². The Morgan fingerprint density at radius 1 is 1.15 bits per heavy atom. The van der Waals surface area contributed by atoms with Crippen molar-refractivity contribution in [1.82, 2.24) is 5.32 Å². The lowest BCUT2D eigenvalue weighted by atomic mass is 9.80. The number of aliphatic hydroxyl groups is 1. The zero-order valence-corrected chi connectivity index (χ0v) is 18.9. The van der Waals surface area contributed by atoms with Gasteiger partial charge in [0.2, 0.25) is 13.1 Å². The standard InChI is InChI=1S/C26H31NO6/c1-2-30-26-20(9-6-14-28)21(19-10-11-22-23(15-19)32-17-31-22)16-24(33-26)25(29)27-13-12-18-7-4-3-5-8-18/h3-5,7-8,10-11,15-16,20-21,26,28H,2,6,9,12-14,17H2,1H3,(H,27,29)/t20-,21+,26+/m1/s1. The minimum absolute atomic E-state index is 0.0571. The van der Waals surface area contributed by atoms with E-state index < -0.39 is 6.29 Å². The predicted octanol–water partition coefficient (Wildman–Crippen LogP) is 3.52. The first-order valence-electron chi connectivity index (χ1n) is 11.5. The van der Waals surface area contributed by atoms with Crippen molar-refractivity contribution in [2.75, 3.05) is 26.6 Å². The molecule has 7 heteroatoms. The molecule has 4 rings (SSSR count). The summed E-state index contributed by atoms with van der Waals surface area (Å²) in [6.07, 6.45) is 3.33. The van der Waals surface area contributed by atoms with Crippen molar-refractivity contribution in [3.05, 3.63) is 71.5 Å². The molecule has 0 spiro atoms. The summed E-state index contributed by atoms with van der Waals surface area (Å²) in [5.74, 6) is 1.20. The van der Waals surface area contributed by atoms with E-state index in [2.05, 4.69) is 5.32 Å². The van der Waals surface area contributed by atoms with E-state index in [4.69, 9.17) is 18.9 Å². The fourth-order valence-corrected chi connectivity index (χ4v) is 4.32. The van der Waals surface area contributed by atoms with Gasteiger partial charge < -0.3 is 29.4 Å². The molecule has 3 atom stereocenters. The largest absolute Gasteiger partial charge is 0.459 e. The number of nitrogens with one attached hydrogen (secondary N) is 1. The molecule has 2 heterocycles. The second kappa shape index (κ2) is 11.2. The quantitative estimate of drug-likeness (QED) is 0.573. The van der Waals surface area contributed by atoms with E-state index in [1.807, 2.05) is 61.5 Å². The summed E-state index contributed by atoms with van der Waals surface area (Å²) in [6.45, 7) is 3.15. The first kappa shape index (κ1) is 23.1. The Morgan fingerprint density at radius 2 is 1.97 bits per heavy atom. The molecule has 0 radical (unpaired) electrons. The van der Waals surface area contributed by atoms with Crippen molar-refractivity contribution in [3.8, 4) is 11.5 Å². The third kappa shape index (κ3) is 5.67. The monoisotopic (exact) mass is 453 g/mol. The van der Waals surface area contributed by atoms with Crippen LogP contribution in [0.1, 0.15) is 36.8 Å². The van der Waals surface area contributed by atoms with Gasteiger partial charge in [-0.2, -0.15) is 0 Å². The highest BCUT2D eigenvalue weighted by Crippen LogP contribution is 2.42. The average Bonchev–Trinajstić information content (AvgIpc) is 3.31. The molecule has 33 heavy (non-hydrogen) atoms. The van der Waals surface area contributed by atoms with Crippen LogP contribution in [-0.4, -0.2) is 43.9 Å². The highest BCUT2D eigenvalue weighted by atomic mass is 16.7. The summed E-state index contributed by atoms with van der Waals surface area (Å²) >= 11 is 0. The molecule has 2 aromatic carbocycles. The average molecular weight is 454 g/mol. The number of carbonyl (C=O) groups is 1. The van der Waals surface area contributed by atoms with Crippen molar-refractivity contribution in [2.24, 2.45) is 5.92 Å². The van der Waals surface area contributed by atoms with Crippen LogP contribution in [0.15, 0.2) is 60.4 Å². The fourth-order valence-electron chi connectivity index (χ4n) is 4.32. The topological polar surface area (TPSA) is 86.3 Å². The number of fused-ring (bicyclic) bond motifs is 1. The first-order valence-corrected chi connectivity index (χ1v) is 11.5. The summed E-state index contributed by atoms with van der Waals surface area (Å²) in [4.78, 5) is 13.0. The third-order valence-corrected chi connectivity index (χ3v) is 5.96. The van der Waals surface area contributed by atoms with Gasteiger partial charge in [0, 0.05) is 31.6 Å². The lowest BCUT2D eigenvalue weighted by molar-refractivity contribution is -0.166. The van der Waals surface area contributed by atoms with E-state index in [1.54, 1.807) is 0 Å². The van der Waals surface area contributed by atoms with E-state index in [0.717, 1.165) is 17.5 Å². The summed E-state index contributed by atoms with van der Waals surface area (Å²) < 4.78 is 23.0. The number of hydrogen-bond acceptors (Lipinski definition) is 6. The van der Waals surface area contributed by atoms with Crippen LogP contribution in [0, 0.1) is 5.92 Å². The van der Waals surface area contributed by atoms with Crippen molar-refractivity contribution in [1.29, 1.82) is 0 Å². The fraction of sp³-hybridized carbons (Fsp3) is 0.423. The number of amides is 1. The number of allylic oxidation sites excluding steroid dienone is 1. The smallest absolute Gasteiger partial charge is 0.286 e. The highest BCUT2D eigenvalue weighted by Gasteiger charge is 2.38. The molecule has 0 aliphatic carbocycles. The van der Waals surface area contributed by atoms with Crippen molar-refractivity contribution in [3.63, 3.8) is 0 Å². The van der Waals surface area contributed by atoms with E-state index in [0.29, 0.717) is 37.5 Å². The van der Waals surface area contributed by atoms with E-state index in [1.165, 1.54) is 0 Å². The van der Waals surface area contributed by atoms with Gasteiger partial charge in [0.1, 0.15) is 0 Å². The van der Waals surface area contributed by atoms with Gasteiger partial charge in [0.05, 0.1) is 0 Å². The molecule has 0 saturated carbocycles. The Hall–Kier alpha value is -3.03. The Kier molecular flexibility index (Phi) is 7.86. The third-order valence-electron chi connectivity index (χ3n) is 5.96. The Morgan fingerprint density at radius 3 is 2.76 bits per heavy atom. The summed E-state index contributed by atoms with van der Waals surface area (Å²) in [6, 6.07) is 15.8. The maximum atomic E-state index is 13.0. The summed E-state index contributed by atoms with van der Waals surface area (Å²) in [7, 11) is 0. The van der Waals surface area contributed by atoms with Gasteiger partial charge in [-0.15, -0.1) is 0 Å². The van der Waals surface area contributed by atoms with E-state index in [-0.39, 0.29) is 36.9 Å².